The molecule has 1 N–H and O–H groups in total. The van der Waals surface area contributed by atoms with Gasteiger partial charge in [-0.15, -0.1) is 0 Å². The standard InChI is InChI=1S/C15H27BrN4/c1-4-13-15(16)14(20(5-2)18-13)11-19-9-7-6-8-12(19)10-17-3/h12,17H,4-11H2,1-3H3. The van der Waals surface area contributed by atoms with Gasteiger partial charge in [0.15, 0.2) is 0 Å². The number of hydrogen-bond acceptors (Lipinski definition) is 3. The summed E-state index contributed by atoms with van der Waals surface area (Å²) < 4.78 is 3.38. The number of nitrogens with one attached hydrogen (secondary N) is 1. The molecular formula is C15H27BrN4. The first-order chi connectivity index (χ1) is 9.71. The maximum absolute atomic E-state index is 4.71. The van der Waals surface area contributed by atoms with Crippen LogP contribution >= 0.6 is 15.9 Å². The Labute approximate surface area is 131 Å². The summed E-state index contributed by atoms with van der Waals surface area (Å²) in [4.78, 5) is 2.62. The van der Waals surface area contributed by atoms with Crippen molar-refractivity contribution < 1.29 is 0 Å². The molecule has 0 aromatic carbocycles. The molecule has 0 amide bonds. The first-order valence-electron chi connectivity index (χ1n) is 7.83. The zero-order valence-electron chi connectivity index (χ0n) is 13.0. The van der Waals surface area contributed by atoms with E-state index in [9.17, 15) is 0 Å². The number of aryl methyl sites for hydroxylation is 2. The van der Waals surface area contributed by atoms with E-state index < -0.39 is 0 Å². The van der Waals surface area contributed by atoms with Crippen LogP contribution in [0.5, 0.6) is 0 Å². The second kappa shape index (κ2) is 7.57. The third kappa shape index (κ3) is 3.43. The van der Waals surface area contributed by atoms with Crippen LogP contribution in [0.3, 0.4) is 0 Å². The van der Waals surface area contributed by atoms with Crippen molar-refractivity contribution in [3.63, 3.8) is 0 Å². The lowest BCUT2D eigenvalue weighted by atomic mass is 10.0. The van der Waals surface area contributed by atoms with Crippen molar-refractivity contribution in [2.45, 2.75) is 58.7 Å². The minimum atomic E-state index is 0.658. The van der Waals surface area contributed by atoms with Gasteiger partial charge in [-0.05, 0) is 55.7 Å². The Balaban J connectivity index is 2.17. The maximum Gasteiger partial charge on any atom is 0.0767 e. The molecule has 1 fully saturated rings. The third-order valence-corrected chi connectivity index (χ3v) is 5.15. The average molecular weight is 343 g/mol. The van der Waals surface area contributed by atoms with Crippen LogP contribution in [0.4, 0.5) is 0 Å². The number of piperidine rings is 1. The highest BCUT2D eigenvalue weighted by atomic mass is 79.9. The van der Waals surface area contributed by atoms with Gasteiger partial charge in [-0.25, -0.2) is 0 Å². The van der Waals surface area contributed by atoms with Crippen molar-refractivity contribution in [3.8, 4) is 0 Å². The second-order valence-electron chi connectivity index (χ2n) is 5.55. The lowest BCUT2D eigenvalue weighted by Gasteiger charge is -2.35. The first-order valence-corrected chi connectivity index (χ1v) is 8.63. The van der Waals surface area contributed by atoms with Crippen LogP contribution in [0.15, 0.2) is 4.47 Å². The molecule has 20 heavy (non-hydrogen) atoms. The van der Waals surface area contributed by atoms with E-state index in [1.54, 1.807) is 0 Å². The van der Waals surface area contributed by atoms with Crippen LogP contribution in [0.25, 0.3) is 0 Å². The fourth-order valence-electron chi connectivity index (χ4n) is 3.10. The summed E-state index contributed by atoms with van der Waals surface area (Å²) in [7, 11) is 2.05. The molecule has 1 atom stereocenters. The van der Waals surface area contributed by atoms with E-state index in [0.717, 1.165) is 26.1 Å². The minimum Gasteiger partial charge on any atom is -0.318 e. The van der Waals surface area contributed by atoms with Gasteiger partial charge in [-0.2, -0.15) is 5.10 Å². The zero-order chi connectivity index (χ0) is 14.5. The Morgan fingerprint density at radius 2 is 2.15 bits per heavy atom. The summed E-state index contributed by atoms with van der Waals surface area (Å²) in [6.45, 7) is 8.57. The third-order valence-electron chi connectivity index (χ3n) is 4.24. The number of nitrogens with zero attached hydrogens (tertiary/aromatic N) is 3. The van der Waals surface area contributed by atoms with Gasteiger partial charge in [0.1, 0.15) is 0 Å². The van der Waals surface area contributed by atoms with Crippen molar-refractivity contribution in [1.82, 2.24) is 20.0 Å². The smallest absolute Gasteiger partial charge is 0.0767 e. The zero-order valence-corrected chi connectivity index (χ0v) is 14.5. The normalized spacial score (nSPS) is 20.5. The minimum absolute atomic E-state index is 0.658. The van der Waals surface area contributed by atoms with E-state index in [-0.39, 0.29) is 0 Å². The van der Waals surface area contributed by atoms with Gasteiger partial charge in [0.25, 0.3) is 0 Å². The molecule has 4 nitrogen and oxygen atoms in total. The predicted molar refractivity (Wildman–Crippen MR) is 87.0 cm³/mol. The Bertz CT molecular complexity index is 428. The first kappa shape index (κ1) is 16.0. The lowest BCUT2D eigenvalue weighted by Crippen LogP contribution is -2.44. The Kier molecular flexibility index (Phi) is 6.05. The molecule has 1 aliphatic heterocycles. The SMILES string of the molecule is CCc1nn(CC)c(CN2CCCCC2CNC)c1Br. The predicted octanol–water partition coefficient (Wildman–Crippen LogP) is 2.80. The molecule has 114 valence electrons. The molecule has 5 heteroatoms. The van der Waals surface area contributed by atoms with E-state index in [1.807, 2.05) is 7.05 Å². The van der Waals surface area contributed by atoms with Gasteiger partial charge in [0.05, 0.1) is 15.9 Å². The number of aromatic nitrogens is 2. The molecule has 1 saturated heterocycles. The van der Waals surface area contributed by atoms with Crippen LogP contribution in [-0.4, -0.2) is 40.9 Å². The molecule has 0 saturated carbocycles. The van der Waals surface area contributed by atoms with Crippen LogP contribution < -0.4 is 5.32 Å². The molecule has 0 aliphatic carbocycles. The summed E-state index contributed by atoms with van der Waals surface area (Å²) >= 11 is 3.76. The van der Waals surface area contributed by atoms with Crippen molar-refractivity contribution >= 4 is 15.9 Å². The van der Waals surface area contributed by atoms with Crippen molar-refractivity contribution in [2.24, 2.45) is 0 Å². The largest absolute Gasteiger partial charge is 0.318 e. The molecule has 0 spiro atoms. The molecule has 1 aromatic rings. The van der Waals surface area contributed by atoms with Crippen LogP contribution in [0.1, 0.15) is 44.5 Å². The number of hydrogen-bond donors (Lipinski definition) is 1. The van der Waals surface area contributed by atoms with Crippen molar-refractivity contribution in [2.75, 3.05) is 20.1 Å². The molecule has 0 bridgehead atoms. The summed E-state index contributed by atoms with van der Waals surface area (Å²) in [5.74, 6) is 0. The summed E-state index contributed by atoms with van der Waals surface area (Å²) in [6, 6.07) is 0.658. The highest BCUT2D eigenvalue weighted by molar-refractivity contribution is 9.10. The fourth-order valence-corrected chi connectivity index (χ4v) is 3.79. The van der Waals surface area contributed by atoms with Gasteiger partial charge in [0, 0.05) is 25.7 Å². The van der Waals surface area contributed by atoms with Gasteiger partial charge >= 0.3 is 0 Å². The fraction of sp³-hybridized carbons (Fsp3) is 0.800. The van der Waals surface area contributed by atoms with Crippen LogP contribution in [-0.2, 0) is 19.5 Å². The van der Waals surface area contributed by atoms with E-state index in [1.165, 1.54) is 41.7 Å². The van der Waals surface area contributed by atoms with Gasteiger partial charge in [0.2, 0.25) is 0 Å². The number of likely N-dealkylation sites (tertiary alicyclic amines) is 1. The van der Waals surface area contributed by atoms with Crippen LogP contribution in [0, 0.1) is 0 Å². The monoisotopic (exact) mass is 342 g/mol. The van der Waals surface area contributed by atoms with E-state index in [0.29, 0.717) is 6.04 Å². The highest BCUT2D eigenvalue weighted by Gasteiger charge is 2.24. The molecule has 1 aliphatic rings. The lowest BCUT2D eigenvalue weighted by molar-refractivity contribution is 0.135. The number of halogens is 1. The van der Waals surface area contributed by atoms with Gasteiger partial charge in [-0.3, -0.25) is 9.58 Å². The number of likely N-dealkylation sites (N-methyl/N-ethyl adjacent to an activating group) is 1. The highest BCUT2D eigenvalue weighted by Crippen LogP contribution is 2.26. The van der Waals surface area contributed by atoms with Crippen molar-refractivity contribution in [1.29, 1.82) is 0 Å². The summed E-state index contributed by atoms with van der Waals surface area (Å²) in [5.41, 5.74) is 2.52. The quantitative estimate of drug-likeness (QED) is 0.862. The maximum atomic E-state index is 4.71. The number of rotatable bonds is 6. The molecule has 1 aromatic heterocycles. The molecule has 0 radical (unpaired) electrons. The molecular weight excluding hydrogens is 316 g/mol. The van der Waals surface area contributed by atoms with E-state index >= 15 is 0 Å². The summed E-state index contributed by atoms with van der Waals surface area (Å²) in [6.07, 6.45) is 4.97. The molecule has 1 unspecified atom stereocenters. The van der Waals surface area contributed by atoms with E-state index in [2.05, 4.69) is 44.7 Å². The molecule has 2 rings (SSSR count). The molecule has 2 heterocycles. The topological polar surface area (TPSA) is 33.1 Å². The van der Waals surface area contributed by atoms with Gasteiger partial charge < -0.3 is 5.32 Å². The Hall–Kier alpha value is -0.390. The average Bonchev–Trinajstić information content (AvgIpc) is 2.77. The Morgan fingerprint density at radius 3 is 2.80 bits per heavy atom. The van der Waals surface area contributed by atoms with Crippen molar-refractivity contribution in [3.05, 3.63) is 15.9 Å². The Morgan fingerprint density at radius 1 is 1.35 bits per heavy atom. The van der Waals surface area contributed by atoms with Gasteiger partial charge in [-0.1, -0.05) is 13.3 Å². The second-order valence-corrected chi connectivity index (χ2v) is 6.35. The summed E-state index contributed by atoms with van der Waals surface area (Å²) in [5, 5.41) is 8.05. The van der Waals surface area contributed by atoms with E-state index in [4.69, 9.17) is 5.10 Å². The van der Waals surface area contributed by atoms with Crippen LogP contribution in [0.2, 0.25) is 0 Å².